The number of aliphatic hydroxyl groups excluding tert-OH is 1. The molecule has 0 aliphatic carbocycles. The molecule has 1 aliphatic heterocycles. The van der Waals surface area contributed by atoms with Crippen LogP contribution in [0.1, 0.15) is 5.56 Å². The Balaban J connectivity index is 2.25. The fourth-order valence-electron chi connectivity index (χ4n) is 1.58. The minimum absolute atomic E-state index is 0.0342. The van der Waals surface area contributed by atoms with Crippen molar-refractivity contribution in [3.63, 3.8) is 0 Å². The highest BCUT2D eigenvalue weighted by Crippen LogP contribution is 2.19. The number of nitrogens with zero attached hydrogens (tertiary/aromatic N) is 2. The van der Waals surface area contributed by atoms with E-state index in [4.69, 9.17) is 28.3 Å². The molecule has 1 aliphatic rings. The summed E-state index contributed by atoms with van der Waals surface area (Å²) in [5.74, 6) is 0.313. The van der Waals surface area contributed by atoms with Crippen molar-refractivity contribution in [2.45, 2.75) is 0 Å². The summed E-state index contributed by atoms with van der Waals surface area (Å²) in [7, 11) is 0. The van der Waals surface area contributed by atoms with Crippen molar-refractivity contribution in [2.24, 2.45) is 4.99 Å². The molecule has 1 amide bonds. The summed E-state index contributed by atoms with van der Waals surface area (Å²) in [6.45, 7) is 0.112. The maximum absolute atomic E-state index is 11.5. The molecule has 0 saturated heterocycles. The Hall–Kier alpha value is -1.30. The molecular formula is C11H11Cl2N3O2. The van der Waals surface area contributed by atoms with Crippen LogP contribution >= 0.6 is 23.2 Å². The van der Waals surface area contributed by atoms with Crippen molar-refractivity contribution < 1.29 is 9.90 Å². The molecule has 1 aromatic carbocycles. The van der Waals surface area contributed by atoms with Crippen molar-refractivity contribution >= 4 is 34.9 Å². The van der Waals surface area contributed by atoms with E-state index in [0.29, 0.717) is 21.4 Å². The van der Waals surface area contributed by atoms with Crippen LogP contribution in [0, 0.1) is 0 Å². The van der Waals surface area contributed by atoms with E-state index in [-0.39, 0.29) is 25.6 Å². The molecule has 1 aromatic rings. The summed E-state index contributed by atoms with van der Waals surface area (Å²) in [4.78, 5) is 15.6. The van der Waals surface area contributed by atoms with E-state index in [0.717, 1.165) is 0 Å². The molecule has 96 valence electrons. The maximum Gasteiger partial charge on any atom is 0.262 e. The van der Waals surface area contributed by atoms with Gasteiger partial charge in [-0.25, -0.2) is 0 Å². The van der Waals surface area contributed by atoms with Crippen molar-refractivity contribution in [3.05, 3.63) is 33.8 Å². The third kappa shape index (κ3) is 2.93. The number of halogens is 2. The maximum atomic E-state index is 11.5. The van der Waals surface area contributed by atoms with Gasteiger partial charge in [-0.15, -0.1) is 0 Å². The molecule has 7 heteroatoms. The number of rotatable bonds is 3. The first kappa shape index (κ1) is 13.1. The molecule has 0 atom stereocenters. The van der Waals surface area contributed by atoms with Crippen LogP contribution in [0.3, 0.4) is 0 Å². The molecule has 0 radical (unpaired) electrons. The number of carbonyl (C=O) groups is 1. The van der Waals surface area contributed by atoms with E-state index in [1.54, 1.807) is 18.2 Å². The zero-order chi connectivity index (χ0) is 13.1. The minimum Gasteiger partial charge on any atom is -0.394 e. The predicted molar refractivity (Wildman–Crippen MR) is 69.8 cm³/mol. The SMILES string of the molecule is O=C1CN=C(c2cc(Cl)cc(Cl)c2)NN1CCO. The first-order valence-corrected chi connectivity index (χ1v) is 6.04. The lowest BCUT2D eigenvalue weighted by Crippen LogP contribution is -2.52. The second-order valence-corrected chi connectivity index (χ2v) is 4.58. The average molecular weight is 288 g/mol. The highest BCUT2D eigenvalue weighted by molar-refractivity contribution is 6.35. The Kier molecular flexibility index (Phi) is 4.06. The van der Waals surface area contributed by atoms with Crippen LogP contribution in [0.5, 0.6) is 0 Å². The number of amidine groups is 1. The first-order valence-electron chi connectivity index (χ1n) is 5.29. The first-order chi connectivity index (χ1) is 8.60. The molecule has 2 rings (SSSR count). The number of hydrazine groups is 1. The Labute approximate surface area is 114 Å². The number of hydrogen-bond donors (Lipinski definition) is 2. The summed E-state index contributed by atoms with van der Waals surface area (Å²) in [6.07, 6.45) is 0. The minimum atomic E-state index is -0.194. The van der Waals surface area contributed by atoms with Gasteiger partial charge in [0.05, 0.1) is 13.2 Å². The Bertz CT molecular complexity index is 485. The number of β-amino-alcohol motifs (C(OH)–C–C–N with tert-alkyl or cyclic N) is 1. The van der Waals surface area contributed by atoms with E-state index in [2.05, 4.69) is 10.4 Å². The van der Waals surface area contributed by atoms with Gasteiger partial charge in [0.25, 0.3) is 5.91 Å². The second kappa shape index (κ2) is 5.56. The second-order valence-electron chi connectivity index (χ2n) is 3.70. The van der Waals surface area contributed by atoms with Crippen LogP contribution < -0.4 is 5.43 Å². The Morgan fingerprint density at radius 2 is 2.00 bits per heavy atom. The van der Waals surface area contributed by atoms with E-state index in [9.17, 15) is 4.79 Å². The zero-order valence-corrected chi connectivity index (χ0v) is 10.9. The topological polar surface area (TPSA) is 64.9 Å². The molecular weight excluding hydrogens is 277 g/mol. The number of benzene rings is 1. The molecule has 0 saturated carbocycles. The Morgan fingerprint density at radius 3 is 2.61 bits per heavy atom. The van der Waals surface area contributed by atoms with Gasteiger partial charge in [-0.3, -0.25) is 20.2 Å². The lowest BCUT2D eigenvalue weighted by atomic mass is 10.2. The van der Waals surface area contributed by atoms with E-state index < -0.39 is 0 Å². The smallest absolute Gasteiger partial charge is 0.262 e. The van der Waals surface area contributed by atoms with E-state index in [1.165, 1.54) is 5.01 Å². The fraction of sp³-hybridized carbons (Fsp3) is 0.273. The lowest BCUT2D eigenvalue weighted by Gasteiger charge is -2.27. The molecule has 0 fully saturated rings. The molecule has 0 bridgehead atoms. The summed E-state index contributed by atoms with van der Waals surface area (Å²) in [6, 6.07) is 5.02. The Morgan fingerprint density at radius 1 is 1.33 bits per heavy atom. The molecule has 0 unspecified atom stereocenters. The van der Waals surface area contributed by atoms with Gasteiger partial charge in [-0.2, -0.15) is 0 Å². The number of amides is 1. The van der Waals surface area contributed by atoms with Crippen LogP contribution in [0.2, 0.25) is 10.0 Å². The van der Waals surface area contributed by atoms with E-state index in [1.807, 2.05) is 0 Å². The number of hydrogen-bond acceptors (Lipinski definition) is 4. The van der Waals surface area contributed by atoms with Crippen molar-refractivity contribution in [2.75, 3.05) is 19.7 Å². The zero-order valence-electron chi connectivity index (χ0n) is 9.36. The van der Waals surface area contributed by atoms with E-state index >= 15 is 0 Å². The van der Waals surface area contributed by atoms with Crippen LogP contribution in [-0.2, 0) is 4.79 Å². The van der Waals surface area contributed by atoms with Crippen LogP contribution in [0.25, 0.3) is 0 Å². The summed E-state index contributed by atoms with van der Waals surface area (Å²) in [5, 5.41) is 11.2. The normalized spacial score (nSPS) is 15.4. The van der Waals surface area contributed by atoms with Gasteiger partial charge in [0.1, 0.15) is 12.4 Å². The summed E-state index contributed by atoms with van der Waals surface area (Å²) < 4.78 is 0. The van der Waals surface area contributed by atoms with Crippen molar-refractivity contribution in [1.82, 2.24) is 10.4 Å². The van der Waals surface area contributed by atoms with Gasteiger partial charge in [0.2, 0.25) is 0 Å². The molecule has 2 N–H and O–H groups in total. The molecule has 0 spiro atoms. The average Bonchev–Trinajstić information content (AvgIpc) is 2.31. The third-order valence-electron chi connectivity index (χ3n) is 2.37. The highest BCUT2D eigenvalue weighted by Gasteiger charge is 2.20. The molecule has 1 heterocycles. The van der Waals surface area contributed by atoms with Gasteiger partial charge in [0.15, 0.2) is 0 Å². The third-order valence-corrected chi connectivity index (χ3v) is 2.81. The molecule has 5 nitrogen and oxygen atoms in total. The monoisotopic (exact) mass is 287 g/mol. The summed E-state index contributed by atoms with van der Waals surface area (Å²) >= 11 is 11.8. The highest BCUT2D eigenvalue weighted by atomic mass is 35.5. The largest absolute Gasteiger partial charge is 0.394 e. The van der Waals surface area contributed by atoms with Crippen LogP contribution in [-0.4, -0.2) is 41.6 Å². The van der Waals surface area contributed by atoms with Gasteiger partial charge >= 0.3 is 0 Å². The number of aliphatic imine (C=N–C) groups is 1. The quantitative estimate of drug-likeness (QED) is 0.874. The van der Waals surface area contributed by atoms with Crippen molar-refractivity contribution in [1.29, 1.82) is 0 Å². The number of nitrogens with one attached hydrogen (secondary N) is 1. The van der Waals surface area contributed by atoms with Gasteiger partial charge < -0.3 is 5.11 Å². The van der Waals surface area contributed by atoms with Gasteiger partial charge in [-0.1, -0.05) is 23.2 Å². The van der Waals surface area contributed by atoms with Crippen LogP contribution in [0.15, 0.2) is 23.2 Å². The van der Waals surface area contributed by atoms with Gasteiger partial charge in [0, 0.05) is 15.6 Å². The fourth-order valence-corrected chi connectivity index (χ4v) is 2.11. The van der Waals surface area contributed by atoms with Gasteiger partial charge in [-0.05, 0) is 18.2 Å². The predicted octanol–water partition coefficient (Wildman–Crippen LogP) is 1.08. The number of carbonyl (C=O) groups excluding carboxylic acids is 1. The lowest BCUT2D eigenvalue weighted by molar-refractivity contribution is -0.132. The molecule has 0 aromatic heterocycles. The standard InChI is InChI=1S/C11H11Cl2N3O2/c12-8-3-7(4-9(13)5-8)11-14-6-10(18)16(15-11)1-2-17/h3-5,17H,1-2,6H2,(H,14,15). The van der Waals surface area contributed by atoms with Crippen molar-refractivity contribution in [3.8, 4) is 0 Å². The summed E-state index contributed by atoms with van der Waals surface area (Å²) in [5.41, 5.74) is 3.53. The molecule has 18 heavy (non-hydrogen) atoms. The van der Waals surface area contributed by atoms with Crippen LogP contribution in [0.4, 0.5) is 0 Å². The number of aliphatic hydroxyl groups is 1.